The minimum Gasteiger partial charge on any atom is -0.312 e. The second-order valence-electron chi connectivity index (χ2n) is 4.46. The molecule has 0 aliphatic carbocycles. The highest BCUT2D eigenvalue weighted by atomic mass is 14.9. The van der Waals surface area contributed by atoms with Crippen LogP contribution < -0.4 is 5.32 Å². The van der Waals surface area contributed by atoms with Crippen LogP contribution in [0.1, 0.15) is 72.6 Å². The van der Waals surface area contributed by atoms with Crippen molar-refractivity contribution >= 4 is 0 Å². The van der Waals surface area contributed by atoms with Gasteiger partial charge < -0.3 is 5.32 Å². The number of hydrogen-bond donors (Lipinski definition) is 1. The topological polar surface area (TPSA) is 12.0 Å². The molecule has 2 atom stereocenters. The molecule has 0 heterocycles. The second-order valence-corrected chi connectivity index (χ2v) is 4.46. The van der Waals surface area contributed by atoms with Crippen molar-refractivity contribution in [3.8, 4) is 0 Å². The van der Waals surface area contributed by atoms with Gasteiger partial charge in [0.25, 0.3) is 0 Å². The molecule has 0 saturated carbocycles. The lowest BCUT2D eigenvalue weighted by Gasteiger charge is -2.21. The average Bonchev–Trinajstić information content (AvgIpc) is 2.17. The van der Waals surface area contributed by atoms with E-state index in [1.165, 1.54) is 44.9 Å². The highest BCUT2D eigenvalue weighted by Crippen LogP contribution is 2.07. The molecule has 0 aliphatic rings. The fourth-order valence-corrected chi connectivity index (χ4v) is 1.94. The number of unbranched alkanes of at least 4 members (excludes halogenated alkanes) is 2. The summed E-state index contributed by atoms with van der Waals surface area (Å²) < 4.78 is 0. The number of rotatable bonds is 9. The summed E-state index contributed by atoms with van der Waals surface area (Å²) >= 11 is 0. The molecule has 0 aromatic rings. The highest BCUT2D eigenvalue weighted by molar-refractivity contribution is 4.69. The highest BCUT2D eigenvalue weighted by Gasteiger charge is 2.08. The standard InChI is InChI=1S/C13H29N/c1-5-8-9-11-12(4)14-13(7-3)10-6-2/h12-14H,5-11H2,1-4H3. The fraction of sp³-hybridized carbons (Fsp3) is 1.00. The van der Waals surface area contributed by atoms with Crippen molar-refractivity contribution in [2.45, 2.75) is 84.7 Å². The Morgan fingerprint density at radius 1 is 0.929 bits per heavy atom. The smallest absolute Gasteiger partial charge is 0.00668 e. The molecule has 0 aromatic carbocycles. The summed E-state index contributed by atoms with van der Waals surface area (Å²) in [7, 11) is 0. The van der Waals surface area contributed by atoms with Crippen LogP contribution in [-0.2, 0) is 0 Å². The number of hydrogen-bond acceptors (Lipinski definition) is 1. The van der Waals surface area contributed by atoms with Crippen molar-refractivity contribution in [3.05, 3.63) is 0 Å². The lowest BCUT2D eigenvalue weighted by Crippen LogP contribution is -2.35. The summed E-state index contributed by atoms with van der Waals surface area (Å²) in [5, 5.41) is 3.73. The molecule has 0 radical (unpaired) electrons. The van der Waals surface area contributed by atoms with Gasteiger partial charge in [0, 0.05) is 12.1 Å². The third-order valence-electron chi connectivity index (χ3n) is 2.89. The van der Waals surface area contributed by atoms with Gasteiger partial charge in [-0.25, -0.2) is 0 Å². The normalized spacial score (nSPS) is 15.4. The van der Waals surface area contributed by atoms with Crippen LogP contribution in [-0.4, -0.2) is 12.1 Å². The predicted octanol–water partition coefficient (Wildman–Crippen LogP) is 4.12. The zero-order chi connectivity index (χ0) is 10.8. The molecule has 2 unspecified atom stereocenters. The molecule has 0 fully saturated rings. The van der Waals surface area contributed by atoms with Crippen molar-refractivity contribution in [2.75, 3.05) is 0 Å². The Balaban J connectivity index is 3.51. The molecule has 86 valence electrons. The van der Waals surface area contributed by atoms with Gasteiger partial charge in [0.05, 0.1) is 0 Å². The van der Waals surface area contributed by atoms with E-state index in [4.69, 9.17) is 0 Å². The van der Waals surface area contributed by atoms with E-state index in [9.17, 15) is 0 Å². The van der Waals surface area contributed by atoms with Crippen LogP contribution in [0.3, 0.4) is 0 Å². The van der Waals surface area contributed by atoms with Gasteiger partial charge in [-0.2, -0.15) is 0 Å². The largest absolute Gasteiger partial charge is 0.312 e. The van der Waals surface area contributed by atoms with Crippen molar-refractivity contribution in [1.29, 1.82) is 0 Å². The van der Waals surface area contributed by atoms with E-state index in [0.29, 0.717) is 6.04 Å². The molecule has 1 N–H and O–H groups in total. The van der Waals surface area contributed by atoms with Crippen LogP contribution in [0.4, 0.5) is 0 Å². The average molecular weight is 199 g/mol. The maximum atomic E-state index is 3.73. The van der Waals surface area contributed by atoms with Crippen molar-refractivity contribution in [2.24, 2.45) is 0 Å². The monoisotopic (exact) mass is 199 g/mol. The van der Waals surface area contributed by atoms with Crippen molar-refractivity contribution in [1.82, 2.24) is 5.32 Å². The maximum Gasteiger partial charge on any atom is 0.00668 e. The van der Waals surface area contributed by atoms with Crippen molar-refractivity contribution < 1.29 is 0 Å². The van der Waals surface area contributed by atoms with Gasteiger partial charge in [0.1, 0.15) is 0 Å². The van der Waals surface area contributed by atoms with Gasteiger partial charge in [-0.15, -0.1) is 0 Å². The summed E-state index contributed by atoms with van der Waals surface area (Å²) in [4.78, 5) is 0. The predicted molar refractivity (Wildman–Crippen MR) is 65.7 cm³/mol. The van der Waals surface area contributed by atoms with E-state index in [-0.39, 0.29) is 0 Å². The Morgan fingerprint density at radius 3 is 2.14 bits per heavy atom. The van der Waals surface area contributed by atoms with Crippen LogP contribution in [0.2, 0.25) is 0 Å². The Bertz CT molecular complexity index is 112. The molecule has 0 spiro atoms. The summed E-state index contributed by atoms with van der Waals surface area (Å²) in [6.07, 6.45) is 9.34. The third-order valence-corrected chi connectivity index (χ3v) is 2.89. The SMILES string of the molecule is CCCCCC(C)NC(CC)CCC. The first-order valence-corrected chi connectivity index (χ1v) is 6.50. The Kier molecular flexibility index (Phi) is 9.49. The van der Waals surface area contributed by atoms with Gasteiger partial charge in [0.15, 0.2) is 0 Å². The van der Waals surface area contributed by atoms with E-state index in [1.807, 2.05) is 0 Å². The van der Waals surface area contributed by atoms with Gasteiger partial charge in [0.2, 0.25) is 0 Å². The van der Waals surface area contributed by atoms with Gasteiger partial charge in [-0.3, -0.25) is 0 Å². The van der Waals surface area contributed by atoms with E-state index < -0.39 is 0 Å². The molecule has 1 nitrogen and oxygen atoms in total. The quantitative estimate of drug-likeness (QED) is 0.551. The van der Waals surface area contributed by atoms with Crippen LogP contribution in [0.25, 0.3) is 0 Å². The van der Waals surface area contributed by atoms with Gasteiger partial charge in [-0.1, -0.05) is 46.5 Å². The van der Waals surface area contributed by atoms with E-state index in [0.717, 1.165) is 6.04 Å². The first-order chi connectivity index (χ1) is 6.74. The summed E-state index contributed by atoms with van der Waals surface area (Å²) in [6.45, 7) is 9.15. The van der Waals surface area contributed by atoms with Gasteiger partial charge in [-0.05, 0) is 26.2 Å². The summed E-state index contributed by atoms with van der Waals surface area (Å²) in [6, 6.07) is 1.45. The molecule has 0 bridgehead atoms. The Labute approximate surface area is 90.7 Å². The molecule has 0 saturated heterocycles. The van der Waals surface area contributed by atoms with Crippen LogP contribution >= 0.6 is 0 Å². The Morgan fingerprint density at radius 2 is 1.64 bits per heavy atom. The minimum atomic E-state index is 0.707. The second kappa shape index (κ2) is 9.51. The van der Waals surface area contributed by atoms with Crippen LogP contribution in [0.5, 0.6) is 0 Å². The van der Waals surface area contributed by atoms with Crippen molar-refractivity contribution in [3.63, 3.8) is 0 Å². The van der Waals surface area contributed by atoms with Crippen LogP contribution in [0, 0.1) is 0 Å². The molecule has 14 heavy (non-hydrogen) atoms. The third kappa shape index (κ3) is 7.37. The summed E-state index contributed by atoms with van der Waals surface area (Å²) in [5.41, 5.74) is 0. The van der Waals surface area contributed by atoms with Gasteiger partial charge >= 0.3 is 0 Å². The van der Waals surface area contributed by atoms with E-state index >= 15 is 0 Å². The van der Waals surface area contributed by atoms with E-state index in [1.54, 1.807) is 0 Å². The van der Waals surface area contributed by atoms with E-state index in [2.05, 4.69) is 33.0 Å². The summed E-state index contributed by atoms with van der Waals surface area (Å²) in [5.74, 6) is 0. The molecule has 0 aromatic heterocycles. The molecule has 0 aliphatic heterocycles. The maximum absolute atomic E-state index is 3.73. The fourth-order valence-electron chi connectivity index (χ4n) is 1.94. The lowest BCUT2D eigenvalue weighted by molar-refractivity contribution is 0.388. The van der Waals surface area contributed by atoms with Crippen LogP contribution in [0.15, 0.2) is 0 Å². The molecule has 0 amide bonds. The lowest BCUT2D eigenvalue weighted by atomic mass is 10.1. The molecular weight excluding hydrogens is 170 g/mol. The zero-order valence-corrected chi connectivity index (χ0v) is 10.6. The first-order valence-electron chi connectivity index (χ1n) is 6.50. The molecule has 1 heteroatoms. The first kappa shape index (κ1) is 14.0. The zero-order valence-electron chi connectivity index (χ0n) is 10.6. The Hall–Kier alpha value is -0.0400. The minimum absolute atomic E-state index is 0.707. The number of nitrogens with one attached hydrogen (secondary N) is 1. The molecular formula is C13H29N. The molecule has 0 rings (SSSR count).